The molecule has 5 heteroatoms. The van der Waals surface area contributed by atoms with Crippen molar-refractivity contribution in [2.45, 2.75) is 58.7 Å². The summed E-state index contributed by atoms with van der Waals surface area (Å²) in [7, 11) is 0. The Labute approximate surface area is 96.6 Å². The van der Waals surface area contributed by atoms with Crippen LogP contribution in [0.1, 0.15) is 41.0 Å². The number of aliphatic carboxylic acids is 1. The maximum absolute atomic E-state index is 11.7. The van der Waals surface area contributed by atoms with Crippen molar-refractivity contribution < 1.29 is 14.7 Å². The predicted octanol–water partition coefficient (Wildman–Crippen LogP) is 0.742. The molecule has 0 aliphatic heterocycles. The molecule has 3 N–H and O–H groups in total. The number of hydrogen-bond acceptors (Lipinski definition) is 3. The monoisotopic (exact) mass is 230 g/mol. The maximum atomic E-state index is 11.7. The summed E-state index contributed by atoms with van der Waals surface area (Å²) < 4.78 is 0. The fourth-order valence-corrected chi connectivity index (χ4v) is 1.30. The molecule has 2 unspecified atom stereocenters. The van der Waals surface area contributed by atoms with E-state index in [0.717, 1.165) is 0 Å². The van der Waals surface area contributed by atoms with Crippen molar-refractivity contribution in [1.29, 1.82) is 0 Å². The fraction of sp³-hybridized carbons (Fsp3) is 0.818. The highest BCUT2D eigenvalue weighted by Crippen LogP contribution is 2.00. The van der Waals surface area contributed by atoms with E-state index >= 15 is 0 Å². The summed E-state index contributed by atoms with van der Waals surface area (Å²) in [5.41, 5.74) is -0.275. The van der Waals surface area contributed by atoms with Crippen LogP contribution in [-0.4, -0.2) is 34.6 Å². The Hall–Kier alpha value is -1.10. The van der Waals surface area contributed by atoms with Crippen molar-refractivity contribution in [2.24, 2.45) is 0 Å². The summed E-state index contributed by atoms with van der Waals surface area (Å²) in [4.78, 5) is 22.1. The van der Waals surface area contributed by atoms with Crippen molar-refractivity contribution in [3.05, 3.63) is 0 Å². The zero-order valence-electron chi connectivity index (χ0n) is 10.6. The van der Waals surface area contributed by atoms with Crippen LogP contribution < -0.4 is 10.6 Å². The first-order valence-electron chi connectivity index (χ1n) is 5.41. The lowest BCUT2D eigenvalue weighted by Gasteiger charge is -2.25. The lowest BCUT2D eigenvalue weighted by molar-refractivity contribution is -0.137. The summed E-state index contributed by atoms with van der Waals surface area (Å²) in [5, 5.41) is 14.4. The minimum atomic E-state index is -0.872. The molecule has 0 aromatic carbocycles. The van der Waals surface area contributed by atoms with Gasteiger partial charge in [-0.2, -0.15) is 0 Å². The van der Waals surface area contributed by atoms with Crippen LogP contribution in [0, 0.1) is 0 Å². The second kappa shape index (κ2) is 5.84. The van der Waals surface area contributed by atoms with Crippen molar-refractivity contribution >= 4 is 11.9 Å². The maximum Gasteiger partial charge on any atom is 0.304 e. The summed E-state index contributed by atoms with van der Waals surface area (Å²) >= 11 is 0. The van der Waals surface area contributed by atoms with Gasteiger partial charge in [0.25, 0.3) is 0 Å². The number of carbonyl (C=O) groups excluding carboxylic acids is 1. The number of carbonyl (C=O) groups is 2. The van der Waals surface area contributed by atoms with E-state index in [9.17, 15) is 9.59 Å². The largest absolute Gasteiger partial charge is 0.481 e. The van der Waals surface area contributed by atoms with Crippen LogP contribution in [0.5, 0.6) is 0 Å². The fourth-order valence-electron chi connectivity index (χ4n) is 1.30. The minimum Gasteiger partial charge on any atom is -0.481 e. The van der Waals surface area contributed by atoms with E-state index < -0.39 is 12.0 Å². The molecule has 0 aliphatic carbocycles. The van der Waals surface area contributed by atoms with Gasteiger partial charge in [-0.15, -0.1) is 0 Å². The summed E-state index contributed by atoms with van der Waals surface area (Å²) in [6, 6.07) is -0.619. The lowest BCUT2D eigenvalue weighted by Crippen LogP contribution is -2.51. The highest BCUT2D eigenvalue weighted by atomic mass is 16.4. The molecular weight excluding hydrogens is 208 g/mol. The number of hydrogen-bond donors (Lipinski definition) is 3. The van der Waals surface area contributed by atoms with Gasteiger partial charge in [-0.25, -0.2) is 0 Å². The van der Waals surface area contributed by atoms with Crippen molar-refractivity contribution in [3.63, 3.8) is 0 Å². The van der Waals surface area contributed by atoms with Gasteiger partial charge >= 0.3 is 5.97 Å². The Morgan fingerprint density at radius 3 is 2.12 bits per heavy atom. The number of amides is 1. The first-order valence-corrected chi connectivity index (χ1v) is 5.41. The van der Waals surface area contributed by atoms with E-state index in [2.05, 4.69) is 10.6 Å². The van der Waals surface area contributed by atoms with Gasteiger partial charge in [0.15, 0.2) is 0 Å². The highest BCUT2D eigenvalue weighted by molar-refractivity contribution is 5.82. The van der Waals surface area contributed by atoms with E-state index in [1.54, 1.807) is 13.8 Å². The quantitative estimate of drug-likeness (QED) is 0.651. The molecule has 0 heterocycles. The van der Waals surface area contributed by atoms with Gasteiger partial charge in [0.05, 0.1) is 12.5 Å². The molecule has 16 heavy (non-hydrogen) atoms. The predicted molar refractivity (Wildman–Crippen MR) is 62.2 cm³/mol. The molecule has 94 valence electrons. The summed E-state index contributed by atoms with van der Waals surface area (Å²) in [6.07, 6.45) is 0.00708. The van der Waals surface area contributed by atoms with Gasteiger partial charge in [-0.3, -0.25) is 9.59 Å². The molecule has 0 bridgehead atoms. The average Bonchev–Trinajstić information content (AvgIpc) is 1.98. The second-order valence-electron chi connectivity index (χ2n) is 5.13. The SMILES string of the molecule is CC(CC(=O)O)NC(C)C(=O)NC(C)(C)C. The molecule has 0 fully saturated rings. The summed E-state index contributed by atoms with van der Waals surface area (Å²) in [5.74, 6) is -0.992. The smallest absolute Gasteiger partial charge is 0.304 e. The van der Waals surface area contributed by atoms with Crippen LogP contribution in [0.2, 0.25) is 0 Å². The number of carboxylic acids is 1. The van der Waals surface area contributed by atoms with Gasteiger partial charge in [0.1, 0.15) is 0 Å². The Bertz CT molecular complexity index is 258. The molecule has 0 saturated carbocycles. The third kappa shape index (κ3) is 7.23. The van der Waals surface area contributed by atoms with Gasteiger partial charge in [0, 0.05) is 11.6 Å². The third-order valence-electron chi connectivity index (χ3n) is 1.91. The molecule has 1 amide bonds. The van der Waals surface area contributed by atoms with Crippen LogP contribution >= 0.6 is 0 Å². The molecule has 2 atom stereocenters. The second-order valence-corrected chi connectivity index (χ2v) is 5.13. The standard InChI is InChI=1S/C11H22N2O3/c1-7(6-9(14)15)12-8(2)10(16)13-11(3,4)5/h7-8,12H,6H2,1-5H3,(H,13,16)(H,14,15). The number of nitrogens with one attached hydrogen (secondary N) is 2. The minimum absolute atomic E-state index is 0.00708. The Morgan fingerprint density at radius 1 is 1.25 bits per heavy atom. The highest BCUT2D eigenvalue weighted by Gasteiger charge is 2.20. The van der Waals surface area contributed by atoms with Crippen LogP contribution in [-0.2, 0) is 9.59 Å². The first kappa shape index (κ1) is 14.9. The van der Waals surface area contributed by atoms with Crippen molar-refractivity contribution in [1.82, 2.24) is 10.6 Å². The Kier molecular flexibility index (Phi) is 5.44. The average molecular weight is 230 g/mol. The van der Waals surface area contributed by atoms with E-state index in [4.69, 9.17) is 5.11 Å². The van der Waals surface area contributed by atoms with Gasteiger partial charge in [-0.1, -0.05) is 0 Å². The van der Waals surface area contributed by atoms with Crippen molar-refractivity contribution in [2.75, 3.05) is 0 Å². The van der Waals surface area contributed by atoms with Crippen LogP contribution in [0.25, 0.3) is 0 Å². The van der Waals surface area contributed by atoms with Crippen LogP contribution in [0.4, 0.5) is 0 Å². The summed E-state index contributed by atoms with van der Waals surface area (Å²) in [6.45, 7) is 9.17. The van der Waals surface area contributed by atoms with Crippen molar-refractivity contribution in [3.8, 4) is 0 Å². The van der Waals surface area contributed by atoms with Crippen LogP contribution in [0.3, 0.4) is 0 Å². The molecule has 0 saturated heterocycles. The lowest BCUT2D eigenvalue weighted by atomic mass is 10.1. The molecule has 5 nitrogen and oxygen atoms in total. The topological polar surface area (TPSA) is 78.4 Å². The molecule has 0 aliphatic rings. The molecule has 0 aromatic heterocycles. The van der Waals surface area contributed by atoms with E-state index in [1.165, 1.54) is 0 Å². The van der Waals surface area contributed by atoms with E-state index in [1.807, 2.05) is 20.8 Å². The number of rotatable bonds is 5. The van der Waals surface area contributed by atoms with Gasteiger partial charge < -0.3 is 15.7 Å². The van der Waals surface area contributed by atoms with Gasteiger partial charge in [0.2, 0.25) is 5.91 Å². The van der Waals surface area contributed by atoms with E-state index in [0.29, 0.717) is 0 Å². The van der Waals surface area contributed by atoms with E-state index in [-0.39, 0.29) is 23.9 Å². The normalized spacial score (nSPS) is 15.3. The third-order valence-corrected chi connectivity index (χ3v) is 1.91. The van der Waals surface area contributed by atoms with Gasteiger partial charge in [-0.05, 0) is 34.6 Å². The Morgan fingerprint density at radius 2 is 1.75 bits per heavy atom. The number of carboxylic acid groups (broad SMARTS) is 1. The molecule has 0 radical (unpaired) electrons. The molecule has 0 spiro atoms. The molecule has 0 aromatic rings. The molecular formula is C11H22N2O3. The van der Waals surface area contributed by atoms with Crippen LogP contribution in [0.15, 0.2) is 0 Å². The zero-order valence-corrected chi connectivity index (χ0v) is 10.6. The first-order chi connectivity index (χ1) is 7.11. The Balaban J connectivity index is 4.10. The zero-order chi connectivity index (χ0) is 12.9. The molecule has 0 rings (SSSR count).